The van der Waals surface area contributed by atoms with Crippen LogP contribution in [0.2, 0.25) is 0 Å². The van der Waals surface area contributed by atoms with Gasteiger partial charge in [-0.05, 0) is 31.2 Å². The molecule has 0 saturated carbocycles. The summed E-state index contributed by atoms with van der Waals surface area (Å²) >= 11 is 0. The molecule has 0 unspecified atom stereocenters. The lowest BCUT2D eigenvalue weighted by Gasteiger charge is -2.15. The molecule has 92 valence electrons. The number of rotatable bonds is 5. The highest BCUT2D eigenvalue weighted by molar-refractivity contribution is 5.93. The standard InChI is InChI=1S/C12H17N3O2/c1-3-15(2)11(16)8-14-10-6-4-9(5-7-10)12(13)17/h4-7,14H,3,8H2,1-2H3,(H2,13,17). The molecule has 0 bridgehead atoms. The normalized spacial score (nSPS) is 9.76. The van der Waals surface area contributed by atoms with Crippen LogP contribution in [0.5, 0.6) is 0 Å². The smallest absolute Gasteiger partial charge is 0.248 e. The lowest BCUT2D eigenvalue weighted by atomic mass is 10.2. The summed E-state index contributed by atoms with van der Waals surface area (Å²) in [4.78, 5) is 24.0. The Morgan fingerprint density at radius 3 is 2.35 bits per heavy atom. The molecule has 0 radical (unpaired) electrons. The van der Waals surface area contributed by atoms with Crippen molar-refractivity contribution in [2.75, 3.05) is 25.5 Å². The Morgan fingerprint density at radius 2 is 1.88 bits per heavy atom. The molecule has 0 heterocycles. The Hall–Kier alpha value is -2.04. The topological polar surface area (TPSA) is 75.4 Å². The molecular weight excluding hydrogens is 218 g/mol. The quantitative estimate of drug-likeness (QED) is 0.787. The van der Waals surface area contributed by atoms with Crippen LogP contribution in [0.1, 0.15) is 17.3 Å². The summed E-state index contributed by atoms with van der Waals surface area (Å²) in [6.07, 6.45) is 0. The monoisotopic (exact) mass is 235 g/mol. The van der Waals surface area contributed by atoms with Gasteiger partial charge in [0.2, 0.25) is 11.8 Å². The summed E-state index contributed by atoms with van der Waals surface area (Å²) in [5.74, 6) is -0.440. The van der Waals surface area contributed by atoms with Crippen LogP contribution in [0.4, 0.5) is 5.69 Å². The number of hydrogen-bond donors (Lipinski definition) is 2. The second-order valence-electron chi connectivity index (χ2n) is 3.70. The van der Waals surface area contributed by atoms with Gasteiger partial charge in [0.25, 0.3) is 0 Å². The van der Waals surface area contributed by atoms with Crippen molar-refractivity contribution in [1.82, 2.24) is 4.90 Å². The molecule has 0 aliphatic carbocycles. The van der Waals surface area contributed by atoms with Gasteiger partial charge in [-0.15, -0.1) is 0 Å². The summed E-state index contributed by atoms with van der Waals surface area (Å²) < 4.78 is 0. The van der Waals surface area contributed by atoms with Gasteiger partial charge < -0.3 is 16.0 Å². The molecule has 0 atom stereocenters. The number of amides is 2. The van der Waals surface area contributed by atoms with E-state index in [0.29, 0.717) is 12.1 Å². The minimum Gasteiger partial charge on any atom is -0.376 e. The van der Waals surface area contributed by atoms with Gasteiger partial charge in [0.1, 0.15) is 0 Å². The molecule has 1 rings (SSSR count). The molecule has 17 heavy (non-hydrogen) atoms. The Balaban J connectivity index is 2.53. The number of benzene rings is 1. The van der Waals surface area contributed by atoms with Crippen LogP contribution in [0.25, 0.3) is 0 Å². The Morgan fingerprint density at radius 1 is 1.29 bits per heavy atom. The van der Waals surface area contributed by atoms with E-state index >= 15 is 0 Å². The summed E-state index contributed by atoms with van der Waals surface area (Å²) in [5.41, 5.74) is 6.36. The van der Waals surface area contributed by atoms with Crippen molar-refractivity contribution in [2.24, 2.45) is 5.73 Å². The molecule has 2 amide bonds. The predicted octanol–water partition coefficient (Wildman–Crippen LogP) is 0.676. The molecule has 0 fully saturated rings. The van der Waals surface area contributed by atoms with Crippen molar-refractivity contribution in [3.05, 3.63) is 29.8 Å². The molecule has 0 saturated heterocycles. The largest absolute Gasteiger partial charge is 0.376 e. The van der Waals surface area contributed by atoms with Gasteiger partial charge >= 0.3 is 0 Å². The Kier molecular flexibility index (Phi) is 4.51. The van der Waals surface area contributed by atoms with E-state index in [1.54, 1.807) is 36.2 Å². The van der Waals surface area contributed by atoms with Crippen molar-refractivity contribution in [3.63, 3.8) is 0 Å². The minimum absolute atomic E-state index is 0.0199. The molecule has 3 N–H and O–H groups in total. The van der Waals surface area contributed by atoms with Crippen LogP contribution in [0, 0.1) is 0 Å². The van der Waals surface area contributed by atoms with Crippen LogP contribution < -0.4 is 11.1 Å². The van der Waals surface area contributed by atoms with Gasteiger partial charge in [0.15, 0.2) is 0 Å². The van der Waals surface area contributed by atoms with Crippen LogP contribution in [-0.4, -0.2) is 36.9 Å². The molecule has 0 spiro atoms. The van der Waals surface area contributed by atoms with E-state index in [1.165, 1.54) is 0 Å². The maximum Gasteiger partial charge on any atom is 0.248 e. The van der Waals surface area contributed by atoms with Gasteiger partial charge in [0.05, 0.1) is 6.54 Å². The summed E-state index contributed by atoms with van der Waals surface area (Å²) in [7, 11) is 1.75. The second kappa shape index (κ2) is 5.89. The first kappa shape index (κ1) is 13.0. The fourth-order valence-electron chi connectivity index (χ4n) is 1.24. The zero-order valence-electron chi connectivity index (χ0n) is 10.1. The Bertz CT molecular complexity index is 401. The van der Waals surface area contributed by atoms with Crippen LogP contribution in [0.15, 0.2) is 24.3 Å². The first-order chi connectivity index (χ1) is 8.04. The van der Waals surface area contributed by atoms with Crippen molar-refractivity contribution in [2.45, 2.75) is 6.92 Å². The molecular formula is C12H17N3O2. The molecule has 0 aliphatic rings. The molecule has 1 aromatic carbocycles. The molecule has 1 aromatic rings. The first-order valence-corrected chi connectivity index (χ1v) is 5.42. The predicted molar refractivity (Wildman–Crippen MR) is 66.8 cm³/mol. The number of carbonyl (C=O) groups is 2. The highest BCUT2D eigenvalue weighted by Gasteiger charge is 2.06. The average molecular weight is 235 g/mol. The number of carbonyl (C=O) groups excluding carboxylic acids is 2. The van der Waals surface area contributed by atoms with E-state index in [-0.39, 0.29) is 12.5 Å². The molecule has 5 nitrogen and oxygen atoms in total. The van der Waals surface area contributed by atoms with Crippen LogP contribution >= 0.6 is 0 Å². The minimum atomic E-state index is -0.460. The van der Waals surface area contributed by atoms with E-state index < -0.39 is 5.91 Å². The Labute approximate surface area is 101 Å². The number of primary amides is 1. The maximum absolute atomic E-state index is 11.5. The summed E-state index contributed by atoms with van der Waals surface area (Å²) in [6.45, 7) is 2.83. The lowest BCUT2D eigenvalue weighted by molar-refractivity contribution is -0.127. The number of anilines is 1. The van der Waals surface area contributed by atoms with Crippen molar-refractivity contribution in [3.8, 4) is 0 Å². The number of hydrogen-bond acceptors (Lipinski definition) is 3. The third-order valence-corrected chi connectivity index (χ3v) is 2.51. The average Bonchev–Trinajstić information content (AvgIpc) is 2.35. The van der Waals surface area contributed by atoms with Gasteiger partial charge in [0, 0.05) is 24.8 Å². The van der Waals surface area contributed by atoms with Gasteiger partial charge in [-0.1, -0.05) is 0 Å². The fraction of sp³-hybridized carbons (Fsp3) is 0.333. The zero-order chi connectivity index (χ0) is 12.8. The third-order valence-electron chi connectivity index (χ3n) is 2.51. The van der Waals surface area contributed by atoms with Crippen molar-refractivity contribution >= 4 is 17.5 Å². The van der Waals surface area contributed by atoms with Crippen LogP contribution in [0.3, 0.4) is 0 Å². The fourth-order valence-corrected chi connectivity index (χ4v) is 1.24. The van der Waals surface area contributed by atoms with E-state index in [2.05, 4.69) is 5.32 Å². The van der Waals surface area contributed by atoms with E-state index in [4.69, 9.17) is 5.73 Å². The molecule has 5 heteroatoms. The number of nitrogens with two attached hydrogens (primary N) is 1. The SMILES string of the molecule is CCN(C)C(=O)CNc1ccc(C(N)=O)cc1. The third kappa shape index (κ3) is 3.79. The first-order valence-electron chi connectivity index (χ1n) is 5.42. The van der Waals surface area contributed by atoms with Gasteiger partial charge in [-0.3, -0.25) is 9.59 Å². The number of nitrogens with one attached hydrogen (secondary N) is 1. The van der Waals surface area contributed by atoms with E-state index in [0.717, 1.165) is 5.69 Å². The van der Waals surface area contributed by atoms with Gasteiger partial charge in [-0.2, -0.15) is 0 Å². The van der Waals surface area contributed by atoms with Crippen molar-refractivity contribution < 1.29 is 9.59 Å². The maximum atomic E-state index is 11.5. The lowest BCUT2D eigenvalue weighted by Crippen LogP contribution is -2.31. The molecule has 0 aliphatic heterocycles. The van der Waals surface area contributed by atoms with Crippen molar-refractivity contribution in [1.29, 1.82) is 0 Å². The highest BCUT2D eigenvalue weighted by Crippen LogP contribution is 2.08. The molecule has 0 aromatic heterocycles. The zero-order valence-corrected chi connectivity index (χ0v) is 10.1. The summed E-state index contributed by atoms with van der Waals surface area (Å²) in [5, 5.41) is 2.98. The van der Waals surface area contributed by atoms with Crippen LogP contribution in [-0.2, 0) is 4.79 Å². The van der Waals surface area contributed by atoms with Gasteiger partial charge in [-0.25, -0.2) is 0 Å². The van der Waals surface area contributed by atoms with E-state index in [9.17, 15) is 9.59 Å². The number of likely N-dealkylation sites (N-methyl/N-ethyl adjacent to an activating group) is 1. The van der Waals surface area contributed by atoms with E-state index in [1.807, 2.05) is 6.92 Å². The number of nitrogens with zero attached hydrogens (tertiary/aromatic N) is 1. The summed E-state index contributed by atoms with van der Waals surface area (Å²) in [6, 6.07) is 6.69. The highest BCUT2D eigenvalue weighted by atomic mass is 16.2. The second-order valence-corrected chi connectivity index (χ2v) is 3.70.